The second-order valence-electron chi connectivity index (χ2n) is 6.14. The summed E-state index contributed by atoms with van der Waals surface area (Å²) in [4.78, 5) is 0. The first kappa shape index (κ1) is 13.1. The van der Waals surface area contributed by atoms with Gasteiger partial charge in [-0.05, 0) is 39.6 Å². The summed E-state index contributed by atoms with van der Waals surface area (Å²) in [5.41, 5.74) is 8.22. The first-order valence-electron chi connectivity index (χ1n) is 6.22. The lowest BCUT2D eigenvalue weighted by atomic mass is 10.0. The van der Waals surface area contributed by atoms with E-state index in [1.54, 1.807) is 0 Å². The highest BCUT2D eigenvalue weighted by atomic mass is 79.9. The van der Waals surface area contributed by atoms with Crippen molar-refractivity contribution in [1.82, 2.24) is 9.78 Å². The Morgan fingerprint density at radius 2 is 1.94 bits per heavy atom. The minimum absolute atomic E-state index is 0.0526. The van der Waals surface area contributed by atoms with Crippen molar-refractivity contribution < 1.29 is 0 Å². The second kappa shape index (κ2) is 3.82. The van der Waals surface area contributed by atoms with Crippen molar-refractivity contribution >= 4 is 15.9 Å². The third-order valence-electron chi connectivity index (χ3n) is 4.94. The Hall–Kier alpha value is -0.350. The normalized spacial score (nSPS) is 23.7. The summed E-state index contributed by atoms with van der Waals surface area (Å²) in [7, 11) is 0. The summed E-state index contributed by atoms with van der Waals surface area (Å²) < 4.78 is 3.03. The van der Waals surface area contributed by atoms with Gasteiger partial charge < -0.3 is 5.73 Å². The van der Waals surface area contributed by atoms with Gasteiger partial charge in [-0.15, -0.1) is 0 Å². The molecule has 1 atom stereocenters. The number of aromatic nitrogens is 2. The maximum Gasteiger partial charge on any atom is 0.0696 e. The molecule has 0 aromatic carbocycles. The van der Waals surface area contributed by atoms with E-state index < -0.39 is 0 Å². The monoisotopic (exact) mass is 299 g/mol. The van der Waals surface area contributed by atoms with Crippen molar-refractivity contribution in [2.24, 2.45) is 22.5 Å². The molecular weight excluding hydrogens is 278 g/mol. The highest BCUT2D eigenvalue weighted by molar-refractivity contribution is 9.10. The van der Waals surface area contributed by atoms with Crippen molar-refractivity contribution in [1.29, 1.82) is 0 Å². The maximum absolute atomic E-state index is 6.48. The van der Waals surface area contributed by atoms with Crippen LogP contribution in [0, 0.1) is 16.7 Å². The number of hydrogen-bond acceptors (Lipinski definition) is 2. The Kier molecular flexibility index (Phi) is 2.94. The lowest BCUT2D eigenvalue weighted by Gasteiger charge is -2.16. The van der Waals surface area contributed by atoms with Gasteiger partial charge in [0.1, 0.15) is 0 Å². The molecule has 1 fully saturated rings. The molecule has 1 heterocycles. The lowest BCUT2D eigenvalue weighted by Crippen LogP contribution is -2.21. The van der Waals surface area contributed by atoms with E-state index in [-0.39, 0.29) is 6.04 Å². The fourth-order valence-corrected chi connectivity index (χ4v) is 3.82. The number of aryl methyl sites for hydroxylation is 1. The van der Waals surface area contributed by atoms with Crippen LogP contribution >= 0.6 is 15.9 Å². The van der Waals surface area contributed by atoms with Gasteiger partial charge in [-0.25, -0.2) is 0 Å². The van der Waals surface area contributed by atoms with E-state index in [4.69, 9.17) is 5.73 Å². The Labute approximate surface area is 112 Å². The van der Waals surface area contributed by atoms with Crippen molar-refractivity contribution in [2.75, 3.05) is 0 Å². The van der Waals surface area contributed by atoms with Gasteiger partial charge in [0.15, 0.2) is 0 Å². The van der Waals surface area contributed by atoms with Crippen molar-refractivity contribution in [3.8, 4) is 0 Å². The fourth-order valence-electron chi connectivity index (χ4n) is 3.26. The fraction of sp³-hybridized carbons (Fsp3) is 0.769. The molecule has 17 heavy (non-hydrogen) atoms. The maximum atomic E-state index is 6.48. The topological polar surface area (TPSA) is 43.8 Å². The van der Waals surface area contributed by atoms with Crippen LogP contribution in [0.1, 0.15) is 46.4 Å². The Morgan fingerprint density at radius 1 is 1.41 bits per heavy atom. The van der Waals surface area contributed by atoms with E-state index in [2.05, 4.69) is 55.6 Å². The molecule has 1 unspecified atom stereocenters. The molecule has 2 N–H and O–H groups in total. The first-order valence-corrected chi connectivity index (χ1v) is 7.01. The molecule has 1 aliphatic carbocycles. The number of nitrogens with zero attached hydrogens (tertiary/aromatic N) is 2. The zero-order chi connectivity index (χ0) is 13.0. The molecular formula is C13H22BrN3. The number of halogens is 1. The molecule has 0 aliphatic heterocycles. The van der Waals surface area contributed by atoms with E-state index in [1.165, 1.54) is 0 Å². The molecule has 1 saturated carbocycles. The molecule has 1 aromatic heterocycles. The molecule has 0 radical (unpaired) electrons. The number of rotatable bonds is 3. The minimum Gasteiger partial charge on any atom is -0.322 e. The van der Waals surface area contributed by atoms with E-state index in [0.717, 1.165) is 16.7 Å². The highest BCUT2D eigenvalue weighted by Crippen LogP contribution is 2.72. The van der Waals surface area contributed by atoms with Crippen LogP contribution in [0.4, 0.5) is 0 Å². The van der Waals surface area contributed by atoms with Crippen molar-refractivity contribution in [2.45, 2.75) is 47.2 Å². The average molecular weight is 300 g/mol. The van der Waals surface area contributed by atoms with E-state index in [1.807, 2.05) is 10.9 Å². The Morgan fingerprint density at radius 3 is 2.35 bits per heavy atom. The van der Waals surface area contributed by atoms with Crippen LogP contribution in [-0.2, 0) is 6.54 Å². The van der Waals surface area contributed by atoms with Crippen LogP contribution < -0.4 is 5.73 Å². The van der Waals surface area contributed by atoms with Crippen LogP contribution in [0.3, 0.4) is 0 Å². The van der Waals surface area contributed by atoms with Gasteiger partial charge in [0, 0.05) is 6.54 Å². The van der Waals surface area contributed by atoms with Crippen LogP contribution in [0.5, 0.6) is 0 Å². The molecule has 4 heteroatoms. The minimum atomic E-state index is 0.0526. The molecule has 1 aliphatic rings. The molecule has 3 nitrogen and oxygen atoms in total. The lowest BCUT2D eigenvalue weighted by molar-refractivity contribution is 0.457. The summed E-state index contributed by atoms with van der Waals surface area (Å²) >= 11 is 3.57. The van der Waals surface area contributed by atoms with Gasteiger partial charge in [0.2, 0.25) is 0 Å². The highest BCUT2D eigenvalue weighted by Gasteiger charge is 2.67. The number of hydrogen-bond donors (Lipinski definition) is 1. The first-order chi connectivity index (χ1) is 7.75. The zero-order valence-corrected chi connectivity index (χ0v) is 12.9. The molecule has 0 spiro atoms. The summed E-state index contributed by atoms with van der Waals surface area (Å²) in [6.07, 6.45) is 1.85. The number of nitrogens with two attached hydrogens (primary N) is 1. The quantitative estimate of drug-likeness (QED) is 0.930. The van der Waals surface area contributed by atoms with Crippen LogP contribution in [0.25, 0.3) is 0 Å². The summed E-state index contributed by atoms with van der Waals surface area (Å²) in [6, 6.07) is 0.0526. The van der Waals surface area contributed by atoms with Crippen molar-refractivity contribution in [3.63, 3.8) is 0 Å². The van der Waals surface area contributed by atoms with Gasteiger partial charge in [-0.3, -0.25) is 4.68 Å². The van der Waals surface area contributed by atoms with Gasteiger partial charge >= 0.3 is 0 Å². The Balaban J connectivity index is 2.34. The van der Waals surface area contributed by atoms with Crippen molar-refractivity contribution in [3.05, 3.63) is 16.4 Å². The summed E-state index contributed by atoms with van der Waals surface area (Å²) in [5, 5.41) is 4.35. The predicted molar refractivity (Wildman–Crippen MR) is 73.6 cm³/mol. The van der Waals surface area contributed by atoms with E-state index in [9.17, 15) is 0 Å². The molecule has 0 bridgehead atoms. The van der Waals surface area contributed by atoms with Gasteiger partial charge in [0.25, 0.3) is 0 Å². The Bertz CT molecular complexity index is 420. The standard InChI is InChI=1S/C13H22BrN3/c1-6-17-10(8(14)7-16-17)9(15)11-12(2,3)13(11,4)5/h7,9,11H,6,15H2,1-5H3. The molecule has 96 valence electrons. The summed E-state index contributed by atoms with van der Waals surface area (Å²) in [5.74, 6) is 0.508. The van der Waals surface area contributed by atoms with Crippen LogP contribution in [0.2, 0.25) is 0 Å². The molecule has 1 aromatic rings. The predicted octanol–water partition coefficient (Wildman–Crippen LogP) is 3.35. The molecule has 0 saturated heterocycles. The largest absolute Gasteiger partial charge is 0.322 e. The average Bonchev–Trinajstić information content (AvgIpc) is 2.55. The summed E-state index contributed by atoms with van der Waals surface area (Å²) in [6.45, 7) is 12.2. The van der Waals surface area contributed by atoms with Gasteiger partial charge in [0.05, 0.1) is 22.4 Å². The van der Waals surface area contributed by atoms with Gasteiger partial charge in [-0.2, -0.15) is 5.10 Å². The molecule has 2 rings (SSSR count). The smallest absolute Gasteiger partial charge is 0.0696 e. The third kappa shape index (κ3) is 1.68. The SMILES string of the molecule is CCn1ncc(Br)c1C(N)C1C(C)(C)C1(C)C. The van der Waals surface area contributed by atoms with E-state index >= 15 is 0 Å². The molecule has 0 amide bonds. The third-order valence-corrected chi connectivity index (χ3v) is 5.55. The zero-order valence-electron chi connectivity index (χ0n) is 11.3. The van der Waals surface area contributed by atoms with Crippen LogP contribution in [0.15, 0.2) is 10.7 Å². The second-order valence-corrected chi connectivity index (χ2v) is 6.99. The van der Waals surface area contributed by atoms with E-state index in [0.29, 0.717) is 16.7 Å². The van der Waals surface area contributed by atoms with Gasteiger partial charge in [-0.1, -0.05) is 27.7 Å². The van der Waals surface area contributed by atoms with Crippen LogP contribution in [-0.4, -0.2) is 9.78 Å².